The number of aryl methyl sites for hydroxylation is 1. The number of allylic oxidation sites excluding steroid dienone is 1. The Morgan fingerprint density at radius 2 is 2.30 bits per heavy atom. The van der Waals surface area contributed by atoms with Gasteiger partial charge in [0.2, 0.25) is 0 Å². The van der Waals surface area contributed by atoms with Crippen LogP contribution in [-0.4, -0.2) is 22.8 Å². The van der Waals surface area contributed by atoms with Crippen LogP contribution in [0.15, 0.2) is 46.9 Å². The van der Waals surface area contributed by atoms with E-state index >= 15 is 0 Å². The Kier molecular flexibility index (Phi) is 3.45. The number of hydrogen-bond donors (Lipinski definition) is 2. The lowest BCUT2D eigenvalue weighted by Crippen LogP contribution is -2.09. The molecule has 0 saturated carbocycles. The van der Waals surface area contributed by atoms with E-state index in [1.54, 1.807) is 7.11 Å². The third-order valence-electron chi connectivity index (χ3n) is 4.62. The van der Waals surface area contributed by atoms with E-state index in [1.165, 1.54) is 24.1 Å². The van der Waals surface area contributed by atoms with Crippen LogP contribution in [0.1, 0.15) is 36.0 Å². The molecule has 3 heterocycles. The zero-order chi connectivity index (χ0) is 15.8. The normalized spacial score (nSPS) is 22.0. The molecule has 0 amide bonds. The lowest BCUT2D eigenvalue weighted by Gasteiger charge is -2.17. The van der Waals surface area contributed by atoms with Crippen molar-refractivity contribution in [2.45, 2.75) is 26.2 Å². The number of fused-ring (bicyclic) bond motifs is 1. The maximum Gasteiger partial charge on any atom is 0.146 e. The van der Waals surface area contributed by atoms with E-state index in [0.717, 1.165) is 40.9 Å². The molecule has 0 spiro atoms. The largest absolute Gasteiger partial charge is 0.494 e. The minimum atomic E-state index is 0.775. The van der Waals surface area contributed by atoms with E-state index in [2.05, 4.69) is 29.0 Å². The molecule has 2 N–H and O–H groups in total. The molecule has 4 nitrogen and oxygen atoms in total. The summed E-state index contributed by atoms with van der Waals surface area (Å²) in [4.78, 5) is 11.4. The van der Waals surface area contributed by atoms with Gasteiger partial charge in [-0.15, -0.1) is 0 Å². The predicted molar refractivity (Wildman–Crippen MR) is 92.4 cm³/mol. The smallest absolute Gasteiger partial charge is 0.146 e. The second-order valence-corrected chi connectivity index (χ2v) is 6.40. The van der Waals surface area contributed by atoms with Gasteiger partial charge in [-0.2, -0.15) is 0 Å². The van der Waals surface area contributed by atoms with Crippen LogP contribution in [0, 0.1) is 5.92 Å². The average Bonchev–Trinajstić information content (AvgIpc) is 3.25. The Labute approximate surface area is 136 Å². The number of ether oxygens (including phenoxy) is 1. The summed E-state index contributed by atoms with van der Waals surface area (Å²) >= 11 is 0. The van der Waals surface area contributed by atoms with Crippen LogP contribution in [0.25, 0.3) is 6.08 Å². The molecule has 0 bridgehead atoms. The van der Waals surface area contributed by atoms with Crippen molar-refractivity contribution in [3.8, 4) is 0 Å². The van der Waals surface area contributed by atoms with E-state index in [0.29, 0.717) is 0 Å². The fourth-order valence-electron chi connectivity index (χ4n) is 3.37. The van der Waals surface area contributed by atoms with Crippen LogP contribution < -0.4 is 0 Å². The Hall–Kier alpha value is -2.49. The molecule has 0 radical (unpaired) electrons. The SMILES string of the molecule is COC1=CC(c2ccc[nH]2)=NC1=Cc1cc2c([nH]1)CCC(C)C2. The van der Waals surface area contributed by atoms with Gasteiger partial charge in [-0.3, -0.25) is 0 Å². The summed E-state index contributed by atoms with van der Waals surface area (Å²) in [5.41, 5.74) is 6.71. The molecule has 4 heteroatoms. The summed E-state index contributed by atoms with van der Waals surface area (Å²) in [6.45, 7) is 2.32. The number of aromatic amines is 2. The van der Waals surface area contributed by atoms with Crippen molar-refractivity contribution in [2.24, 2.45) is 10.9 Å². The van der Waals surface area contributed by atoms with Gasteiger partial charge in [-0.1, -0.05) is 6.92 Å². The molecule has 0 fully saturated rings. The van der Waals surface area contributed by atoms with Crippen LogP contribution in [0.5, 0.6) is 0 Å². The minimum Gasteiger partial charge on any atom is -0.494 e. The van der Waals surface area contributed by atoms with Gasteiger partial charge < -0.3 is 14.7 Å². The molecule has 0 saturated heterocycles. The van der Waals surface area contributed by atoms with Gasteiger partial charge in [0.1, 0.15) is 11.5 Å². The maximum atomic E-state index is 5.49. The fourth-order valence-corrected chi connectivity index (χ4v) is 3.37. The molecule has 2 aromatic rings. The Morgan fingerprint density at radius 1 is 1.39 bits per heavy atom. The van der Waals surface area contributed by atoms with E-state index in [4.69, 9.17) is 9.73 Å². The molecular formula is C19H21N3O. The first-order valence-electron chi connectivity index (χ1n) is 8.14. The minimum absolute atomic E-state index is 0.775. The van der Waals surface area contributed by atoms with E-state index in [1.807, 2.05) is 24.4 Å². The quantitative estimate of drug-likeness (QED) is 0.889. The van der Waals surface area contributed by atoms with Crippen molar-refractivity contribution >= 4 is 11.8 Å². The summed E-state index contributed by atoms with van der Waals surface area (Å²) < 4.78 is 5.49. The highest BCUT2D eigenvalue weighted by Gasteiger charge is 2.20. The molecule has 23 heavy (non-hydrogen) atoms. The van der Waals surface area contributed by atoms with Crippen molar-refractivity contribution in [1.29, 1.82) is 0 Å². The van der Waals surface area contributed by atoms with E-state index in [-0.39, 0.29) is 0 Å². The second kappa shape index (κ2) is 5.61. The average molecular weight is 307 g/mol. The number of nitrogens with zero attached hydrogens (tertiary/aromatic N) is 1. The molecule has 0 aromatic carbocycles. The summed E-state index contributed by atoms with van der Waals surface area (Å²) in [5.74, 6) is 1.58. The van der Waals surface area contributed by atoms with Gasteiger partial charge in [0.15, 0.2) is 0 Å². The van der Waals surface area contributed by atoms with Crippen molar-refractivity contribution in [3.05, 3.63) is 64.6 Å². The highest BCUT2D eigenvalue weighted by molar-refractivity contribution is 6.11. The zero-order valence-electron chi connectivity index (χ0n) is 13.5. The van der Waals surface area contributed by atoms with Crippen molar-refractivity contribution < 1.29 is 4.74 Å². The van der Waals surface area contributed by atoms with Gasteiger partial charge in [-0.05, 0) is 55.0 Å². The molecule has 2 aliphatic rings. The van der Waals surface area contributed by atoms with Gasteiger partial charge in [0.05, 0.1) is 18.5 Å². The third-order valence-corrected chi connectivity index (χ3v) is 4.62. The van der Waals surface area contributed by atoms with Crippen LogP contribution in [0.2, 0.25) is 0 Å². The number of aromatic nitrogens is 2. The van der Waals surface area contributed by atoms with Gasteiger partial charge in [-0.25, -0.2) is 4.99 Å². The Balaban J connectivity index is 1.67. The van der Waals surface area contributed by atoms with Gasteiger partial charge in [0, 0.05) is 23.7 Å². The Morgan fingerprint density at radius 3 is 3.09 bits per heavy atom. The van der Waals surface area contributed by atoms with E-state index < -0.39 is 0 Å². The predicted octanol–water partition coefficient (Wildman–Crippen LogP) is 3.84. The van der Waals surface area contributed by atoms with Crippen molar-refractivity contribution in [3.63, 3.8) is 0 Å². The first-order chi connectivity index (χ1) is 11.2. The highest BCUT2D eigenvalue weighted by atomic mass is 16.5. The molecule has 1 aliphatic heterocycles. The summed E-state index contributed by atoms with van der Waals surface area (Å²) in [6, 6.07) is 6.24. The fraction of sp³-hybridized carbons (Fsp3) is 0.316. The van der Waals surface area contributed by atoms with Gasteiger partial charge in [0.25, 0.3) is 0 Å². The van der Waals surface area contributed by atoms with Gasteiger partial charge >= 0.3 is 0 Å². The first-order valence-corrected chi connectivity index (χ1v) is 8.14. The second-order valence-electron chi connectivity index (χ2n) is 6.40. The van der Waals surface area contributed by atoms with Crippen LogP contribution in [0.4, 0.5) is 0 Å². The first kappa shape index (κ1) is 14.1. The number of rotatable bonds is 3. The molecule has 1 atom stereocenters. The van der Waals surface area contributed by atoms with Crippen molar-refractivity contribution in [1.82, 2.24) is 9.97 Å². The van der Waals surface area contributed by atoms with Crippen LogP contribution >= 0.6 is 0 Å². The molecule has 118 valence electrons. The summed E-state index contributed by atoms with van der Waals surface area (Å²) in [7, 11) is 1.69. The molecule has 1 aliphatic carbocycles. The lowest BCUT2D eigenvalue weighted by atomic mass is 9.89. The highest BCUT2D eigenvalue weighted by Crippen LogP contribution is 2.29. The summed E-state index contributed by atoms with van der Waals surface area (Å²) in [5, 5.41) is 0. The molecule has 4 rings (SSSR count). The van der Waals surface area contributed by atoms with Crippen LogP contribution in [-0.2, 0) is 17.6 Å². The number of nitrogens with one attached hydrogen (secondary N) is 2. The number of hydrogen-bond acceptors (Lipinski definition) is 2. The van der Waals surface area contributed by atoms with Crippen molar-refractivity contribution in [2.75, 3.05) is 7.11 Å². The van der Waals surface area contributed by atoms with E-state index in [9.17, 15) is 0 Å². The zero-order valence-corrected chi connectivity index (χ0v) is 13.5. The third kappa shape index (κ3) is 2.65. The topological polar surface area (TPSA) is 53.2 Å². The number of H-pyrrole nitrogens is 2. The number of methoxy groups -OCH3 is 1. The lowest BCUT2D eigenvalue weighted by molar-refractivity contribution is 0.303. The van der Waals surface area contributed by atoms with Crippen LogP contribution in [0.3, 0.4) is 0 Å². The monoisotopic (exact) mass is 307 g/mol. The maximum absolute atomic E-state index is 5.49. The Bertz CT molecular complexity index is 806. The molecular weight excluding hydrogens is 286 g/mol. The molecule has 2 aromatic heterocycles. The standard InChI is InChI=1S/C19H21N3O/c1-12-5-6-15-13(8-12)9-14(21-15)10-18-19(23-2)11-17(22-18)16-4-3-7-20-16/h3-4,7,9-12,20-21H,5-6,8H2,1-2H3. The molecule has 1 unspecified atom stereocenters. The number of aliphatic imine (C=N–C) groups is 1. The summed E-state index contributed by atoms with van der Waals surface area (Å²) in [6.07, 6.45) is 9.53.